The van der Waals surface area contributed by atoms with Crippen molar-refractivity contribution in [2.24, 2.45) is 0 Å². The number of para-hydroxylation sites is 1. The second-order valence-electron chi connectivity index (χ2n) is 16.8. The molecule has 0 unspecified atom stereocenters. The predicted octanol–water partition coefficient (Wildman–Crippen LogP) is 13.0. The first kappa shape index (κ1) is 31.7. The van der Waals surface area contributed by atoms with Gasteiger partial charge in [-0.1, -0.05) is 99.9 Å². The van der Waals surface area contributed by atoms with Crippen LogP contribution in [0.25, 0.3) is 62.5 Å². The first-order valence-electron chi connectivity index (χ1n) is 18.9. The average Bonchev–Trinajstić information content (AvgIpc) is 3.81. The molecule has 9 aromatic rings. The summed E-state index contributed by atoms with van der Waals surface area (Å²) in [6, 6.07) is 39.4. The van der Waals surface area contributed by atoms with Gasteiger partial charge >= 0.3 is 0 Å². The van der Waals surface area contributed by atoms with E-state index in [2.05, 4.69) is 162 Å². The summed E-state index contributed by atoms with van der Waals surface area (Å²) in [7, 11) is 2.47. The Hall–Kier alpha value is -4.84. The minimum absolute atomic E-state index is 0.104. The number of nitrogens with zero attached hydrogens (tertiary/aromatic N) is 1. The van der Waals surface area contributed by atoms with Crippen LogP contribution in [-0.2, 0) is 10.8 Å². The molecule has 0 amide bonds. The Labute approximate surface area is 319 Å². The zero-order chi connectivity index (χ0) is 36.0. The van der Waals surface area contributed by atoms with Crippen molar-refractivity contribution in [2.45, 2.75) is 65.2 Å². The lowest BCUT2D eigenvalue weighted by Crippen LogP contribution is -2.41. The van der Waals surface area contributed by atoms with Gasteiger partial charge < -0.3 is 9.88 Å². The molecule has 0 atom stereocenters. The maximum absolute atomic E-state index is 3.91. The van der Waals surface area contributed by atoms with Crippen LogP contribution >= 0.6 is 22.7 Å². The van der Waals surface area contributed by atoms with E-state index in [1.807, 2.05) is 22.7 Å². The van der Waals surface area contributed by atoms with Crippen molar-refractivity contribution >= 4 is 109 Å². The molecule has 0 bridgehead atoms. The molecule has 1 N–H and O–H groups in total. The predicted molar refractivity (Wildman–Crippen MR) is 234 cm³/mol. The number of hydrogen-bond acceptors (Lipinski definition) is 3. The number of benzene rings is 6. The van der Waals surface area contributed by atoms with Crippen molar-refractivity contribution in [3.05, 3.63) is 125 Å². The first-order chi connectivity index (χ1) is 25.6. The SMILES string of the molecule is Cc1cc(-c2cccc3c2[nH]c2sc4ccccc4c23)c2c(c1)N(c1cc3c(cc1C)C(C)(C)CCC3(C)C)c1cc3c(cc1[B]2)sc1ccccc13. The lowest BCUT2D eigenvalue weighted by Gasteiger charge is -2.44. The van der Waals surface area contributed by atoms with Crippen molar-refractivity contribution in [1.82, 2.24) is 4.98 Å². The molecule has 3 aromatic heterocycles. The van der Waals surface area contributed by atoms with E-state index in [0.717, 1.165) is 0 Å². The molecule has 0 saturated heterocycles. The molecular formula is C48H40BN2S2. The Morgan fingerprint density at radius 1 is 0.604 bits per heavy atom. The molecule has 0 saturated carbocycles. The fourth-order valence-corrected chi connectivity index (χ4v) is 11.8. The van der Waals surface area contributed by atoms with Crippen LogP contribution in [0, 0.1) is 13.8 Å². The van der Waals surface area contributed by atoms with Crippen LogP contribution < -0.4 is 15.8 Å². The first-order valence-corrected chi connectivity index (χ1v) is 20.5. The Morgan fingerprint density at radius 3 is 2.09 bits per heavy atom. The summed E-state index contributed by atoms with van der Waals surface area (Å²) in [5.74, 6) is 0. The second kappa shape index (κ2) is 10.9. The number of aromatic nitrogens is 1. The highest BCUT2D eigenvalue weighted by molar-refractivity contribution is 7.26. The largest absolute Gasteiger partial charge is 0.346 e. The smallest absolute Gasteiger partial charge is 0.197 e. The van der Waals surface area contributed by atoms with E-state index in [9.17, 15) is 0 Å². The molecule has 5 heteroatoms. The van der Waals surface area contributed by atoms with Crippen molar-refractivity contribution < 1.29 is 0 Å². The van der Waals surface area contributed by atoms with E-state index in [-0.39, 0.29) is 10.8 Å². The Balaban J connectivity index is 1.21. The van der Waals surface area contributed by atoms with Gasteiger partial charge in [-0.3, -0.25) is 0 Å². The number of rotatable bonds is 2. The summed E-state index contributed by atoms with van der Waals surface area (Å²) in [4.78, 5) is 7.77. The van der Waals surface area contributed by atoms with E-state index < -0.39 is 0 Å². The number of H-pyrrole nitrogens is 1. The molecule has 2 nitrogen and oxygen atoms in total. The number of thiophene rings is 2. The monoisotopic (exact) mass is 719 g/mol. The molecule has 53 heavy (non-hydrogen) atoms. The quantitative estimate of drug-likeness (QED) is 0.176. The molecule has 2 aliphatic rings. The van der Waals surface area contributed by atoms with Crippen molar-refractivity contribution in [3.8, 4) is 11.1 Å². The van der Waals surface area contributed by atoms with Gasteiger partial charge in [0.2, 0.25) is 0 Å². The third kappa shape index (κ3) is 4.50. The molecule has 1 aliphatic heterocycles. The number of anilines is 3. The summed E-state index contributed by atoms with van der Waals surface area (Å²) in [5, 5.41) is 6.62. The Kier molecular flexibility index (Phi) is 6.50. The zero-order valence-corrected chi connectivity index (χ0v) is 32.7. The highest BCUT2D eigenvalue weighted by Crippen LogP contribution is 2.50. The molecule has 1 aliphatic carbocycles. The molecule has 4 heterocycles. The van der Waals surface area contributed by atoms with Crippen molar-refractivity contribution in [1.29, 1.82) is 0 Å². The standard InChI is InChI=1S/C48H40BN2S2/c1-26-20-33(29-14-11-15-31-43-30-13-8-10-17-41(30)53-46(43)50-45(29)31)44-39(21-26)51(37-24-35-34(22-27(37)2)47(3,4)18-19-48(35,5)6)38-23-32-28-12-7-9-16-40(28)52-42(32)25-36(38)49-44/h7-17,20-25,50H,18-19H2,1-6H3. The number of aryl methyl sites for hydroxylation is 2. The summed E-state index contributed by atoms with van der Waals surface area (Å²) < 4.78 is 4.00. The molecule has 0 fully saturated rings. The van der Waals surface area contributed by atoms with Crippen LogP contribution in [0.3, 0.4) is 0 Å². The van der Waals surface area contributed by atoms with Gasteiger partial charge in [0.25, 0.3) is 0 Å². The zero-order valence-electron chi connectivity index (χ0n) is 31.1. The van der Waals surface area contributed by atoms with Crippen molar-refractivity contribution in [2.75, 3.05) is 4.90 Å². The minimum Gasteiger partial charge on any atom is -0.346 e. The van der Waals surface area contributed by atoms with E-state index >= 15 is 0 Å². The van der Waals surface area contributed by atoms with Crippen LogP contribution in [0.4, 0.5) is 17.1 Å². The highest BCUT2D eigenvalue weighted by Gasteiger charge is 2.39. The Bertz CT molecular complexity index is 3030. The van der Waals surface area contributed by atoms with E-state index in [1.165, 1.54) is 126 Å². The van der Waals surface area contributed by atoms with Gasteiger partial charge in [-0.15, -0.1) is 22.7 Å². The highest BCUT2D eigenvalue weighted by atomic mass is 32.1. The van der Waals surface area contributed by atoms with Gasteiger partial charge in [0, 0.05) is 63.7 Å². The van der Waals surface area contributed by atoms with E-state index in [0.29, 0.717) is 0 Å². The third-order valence-electron chi connectivity index (χ3n) is 12.5. The second-order valence-corrected chi connectivity index (χ2v) is 19.0. The molecule has 0 spiro atoms. The van der Waals surface area contributed by atoms with E-state index in [1.54, 1.807) is 0 Å². The molecule has 257 valence electrons. The van der Waals surface area contributed by atoms with Gasteiger partial charge in [0.1, 0.15) is 4.83 Å². The van der Waals surface area contributed by atoms with E-state index in [4.69, 9.17) is 0 Å². The summed E-state index contributed by atoms with van der Waals surface area (Å²) >= 11 is 3.76. The fourth-order valence-electron chi connectivity index (χ4n) is 9.55. The maximum Gasteiger partial charge on any atom is 0.197 e. The molecule has 6 aromatic carbocycles. The number of aromatic amines is 1. The number of fused-ring (bicyclic) bond motifs is 11. The minimum atomic E-state index is 0.104. The van der Waals surface area contributed by atoms with Gasteiger partial charge in [0.05, 0.1) is 5.52 Å². The van der Waals surface area contributed by atoms with Crippen LogP contribution in [0.5, 0.6) is 0 Å². The van der Waals surface area contributed by atoms with Gasteiger partial charge in [-0.25, -0.2) is 0 Å². The third-order valence-corrected chi connectivity index (χ3v) is 14.7. The van der Waals surface area contributed by atoms with Crippen LogP contribution in [0.15, 0.2) is 103 Å². The maximum atomic E-state index is 3.91. The molecular weight excluding hydrogens is 679 g/mol. The topological polar surface area (TPSA) is 19.0 Å². The van der Waals surface area contributed by atoms with Crippen LogP contribution in [0.2, 0.25) is 0 Å². The summed E-state index contributed by atoms with van der Waals surface area (Å²) in [6.07, 6.45) is 2.40. The fraction of sp³-hybridized carbons (Fsp3) is 0.208. The van der Waals surface area contributed by atoms with Crippen LogP contribution in [0.1, 0.15) is 62.8 Å². The Morgan fingerprint density at radius 2 is 1.30 bits per heavy atom. The summed E-state index contributed by atoms with van der Waals surface area (Å²) in [5.41, 5.74) is 15.9. The van der Waals surface area contributed by atoms with Gasteiger partial charge in [0.15, 0.2) is 7.28 Å². The number of nitrogens with one attached hydrogen (secondary N) is 1. The average molecular weight is 720 g/mol. The lowest BCUT2D eigenvalue weighted by molar-refractivity contribution is 0.332. The molecule has 1 radical (unpaired) electrons. The van der Waals surface area contributed by atoms with Crippen LogP contribution in [-0.4, -0.2) is 12.3 Å². The van der Waals surface area contributed by atoms with Gasteiger partial charge in [-0.05, 0) is 107 Å². The van der Waals surface area contributed by atoms with Crippen molar-refractivity contribution in [3.63, 3.8) is 0 Å². The lowest BCUT2D eigenvalue weighted by atomic mass is 9.57. The molecule has 11 rings (SSSR count). The normalized spacial score (nSPS) is 16.0. The number of hydrogen-bond donors (Lipinski definition) is 1. The summed E-state index contributed by atoms with van der Waals surface area (Å²) in [6.45, 7) is 14.3. The van der Waals surface area contributed by atoms with Gasteiger partial charge in [-0.2, -0.15) is 0 Å².